The Morgan fingerprint density at radius 1 is 1.07 bits per heavy atom. The number of thiazole rings is 1. The summed E-state index contributed by atoms with van der Waals surface area (Å²) < 4.78 is 44.7. The van der Waals surface area contributed by atoms with Gasteiger partial charge < -0.3 is 20.6 Å². The number of benzene rings is 1. The number of pyridine rings is 2. The third-order valence-electron chi connectivity index (χ3n) is 7.00. The molecular formula is C28H25F3N6O3S2. The lowest BCUT2D eigenvalue weighted by Crippen LogP contribution is -2.50. The number of nitrogens with one attached hydrogen (secondary N) is 2. The smallest absolute Gasteiger partial charge is 0.407 e. The van der Waals surface area contributed by atoms with Gasteiger partial charge in [0.25, 0.3) is 5.91 Å². The molecule has 0 saturated carbocycles. The van der Waals surface area contributed by atoms with Crippen LogP contribution < -0.4 is 10.6 Å². The van der Waals surface area contributed by atoms with Crippen LogP contribution >= 0.6 is 23.1 Å². The Morgan fingerprint density at radius 3 is 2.55 bits per heavy atom. The summed E-state index contributed by atoms with van der Waals surface area (Å²) in [6.45, 7) is 1.99. The highest BCUT2D eigenvalue weighted by Gasteiger charge is 2.40. The lowest BCUT2D eigenvalue weighted by molar-refractivity contribution is 0.0896. The lowest BCUT2D eigenvalue weighted by Gasteiger charge is -2.41. The number of hydrogen-bond acceptors (Lipinski definition) is 8. The first-order chi connectivity index (χ1) is 20.1. The molecule has 3 aromatic heterocycles. The largest absolute Gasteiger partial charge is 0.465 e. The van der Waals surface area contributed by atoms with Crippen molar-refractivity contribution in [2.24, 2.45) is 0 Å². The Balaban J connectivity index is 1.30. The lowest BCUT2D eigenvalue weighted by atomic mass is 9.72. The molecule has 3 N–H and O–H groups in total. The van der Waals surface area contributed by atoms with Crippen molar-refractivity contribution in [3.63, 3.8) is 0 Å². The Bertz CT molecular complexity index is 1630. The standard InChI is InChI=1S/C28H25F3N6O3S2/c1-16-4-8-32-21(12-16)36-26-34-14-22(42-26)41-20-5-9-33-24(23(20)31)25(38)35-15-28(6-10-37(11-7-28)27(39)40)18-3-2-17(29)13-19(18)30/h2-5,8-9,12-14H,6-7,10-11,15H2,1H3,(H,35,38)(H,39,40)(H,32,34,36). The van der Waals surface area contributed by atoms with Gasteiger partial charge in [0.2, 0.25) is 0 Å². The molecule has 1 aliphatic heterocycles. The Morgan fingerprint density at radius 2 is 1.83 bits per heavy atom. The molecule has 9 nitrogen and oxygen atoms in total. The van der Waals surface area contributed by atoms with Crippen molar-refractivity contribution in [3.05, 3.63) is 89.3 Å². The molecule has 1 aromatic carbocycles. The minimum atomic E-state index is -1.11. The summed E-state index contributed by atoms with van der Waals surface area (Å²) in [5.41, 5.74) is -0.282. The summed E-state index contributed by atoms with van der Waals surface area (Å²) in [6, 6.07) is 8.36. The number of piperidine rings is 1. The number of carbonyl (C=O) groups excluding carboxylic acids is 1. The molecule has 1 saturated heterocycles. The molecule has 0 unspecified atom stereocenters. The van der Waals surface area contributed by atoms with E-state index in [4.69, 9.17) is 0 Å². The number of carbonyl (C=O) groups is 2. The van der Waals surface area contributed by atoms with E-state index in [0.29, 0.717) is 15.2 Å². The van der Waals surface area contributed by atoms with E-state index >= 15 is 4.39 Å². The van der Waals surface area contributed by atoms with Crippen LogP contribution in [0.4, 0.5) is 28.9 Å². The van der Waals surface area contributed by atoms with Gasteiger partial charge in [-0.05, 0) is 55.2 Å². The first kappa shape index (κ1) is 29.3. The van der Waals surface area contributed by atoms with Crippen LogP contribution in [0.3, 0.4) is 0 Å². The van der Waals surface area contributed by atoms with Gasteiger partial charge in [0.05, 0.1) is 15.3 Å². The number of likely N-dealkylation sites (tertiary alicyclic amines) is 1. The zero-order valence-corrected chi connectivity index (χ0v) is 23.9. The van der Waals surface area contributed by atoms with E-state index in [-0.39, 0.29) is 42.9 Å². The zero-order valence-electron chi connectivity index (χ0n) is 22.2. The number of rotatable bonds is 8. The molecule has 4 aromatic rings. The number of anilines is 2. The predicted molar refractivity (Wildman–Crippen MR) is 152 cm³/mol. The molecule has 0 spiro atoms. The van der Waals surface area contributed by atoms with E-state index in [2.05, 4.69) is 25.6 Å². The quantitative estimate of drug-likeness (QED) is 0.221. The molecular weight excluding hydrogens is 589 g/mol. The Labute approximate surface area is 247 Å². The summed E-state index contributed by atoms with van der Waals surface area (Å²) in [6.07, 6.45) is 3.82. The van der Waals surface area contributed by atoms with Crippen molar-refractivity contribution in [1.29, 1.82) is 0 Å². The summed E-state index contributed by atoms with van der Waals surface area (Å²) in [7, 11) is 0. The SMILES string of the molecule is Cc1ccnc(Nc2ncc(Sc3ccnc(C(=O)NCC4(c5ccc(F)cc5F)CCN(C(=O)O)CC4)c3F)s2)c1. The first-order valence-corrected chi connectivity index (χ1v) is 14.5. The van der Waals surface area contributed by atoms with Crippen LogP contribution in [0, 0.1) is 24.4 Å². The van der Waals surface area contributed by atoms with E-state index < -0.39 is 40.6 Å². The maximum absolute atomic E-state index is 15.5. The fourth-order valence-electron chi connectivity index (χ4n) is 4.77. The van der Waals surface area contributed by atoms with Crippen LogP contribution in [-0.4, -0.2) is 56.6 Å². The van der Waals surface area contributed by atoms with Crippen LogP contribution in [0.2, 0.25) is 0 Å². The van der Waals surface area contributed by atoms with Gasteiger partial charge in [-0.2, -0.15) is 0 Å². The topological polar surface area (TPSA) is 120 Å². The molecule has 1 fully saturated rings. The number of halogens is 3. The molecule has 218 valence electrons. The molecule has 0 atom stereocenters. The van der Waals surface area contributed by atoms with Gasteiger partial charge >= 0.3 is 6.09 Å². The molecule has 4 heterocycles. The van der Waals surface area contributed by atoms with E-state index in [1.165, 1.54) is 34.6 Å². The fourth-order valence-corrected chi connectivity index (χ4v) is 6.64. The normalized spacial score (nSPS) is 14.4. The highest BCUT2D eigenvalue weighted by atomic mass is 32.2. The summed E-state index contributed by atoms with van der Waals surface area (Å²) in [4.78, 5) is 38.4. The van der Waals surface area contributed by atoms with Crippen molar-refractivity contribution in [1.82, 2.24) is 25.2 Å². The second-order valence-electron chi connectivity index (χ2n) is 9.76. The van der Waals surface area contributed by atoms with Gasteiger partial charge in [0, 0.05) is 43.5 Å². The molecule has 14 heteroatoms. The van der Waals surface area contributed by atoms with Crippen LogP contribution in [0.25, 0.3) is 0 Å². The van der Waals surface area contributed by atoms with Crippen molar-refractivity contribution in [2.75, 3.05) is 25.0 Å². The van der Waals surface area contributed by atoms with Crippen LogP contribution in [0.1, 0.15) is 34.5 Å². The highest BCUT2D eigenvalue weighted by molar-refractivity contribution is 8.01. The number of nitrogens with zero attached hydrogens (tertiary/aromatic N) is 4. The molecule has 1 aliphatic rings. The highest BCUT2D eigenvalue weighted by Crippen LogP contribution is 2.38. The average molecular weight is 615 g/mol. The van der Waals surface area contributed by atoms with Crippen molar-refractivity contribution < 1.29 is 27.9 Å². The minimum Gasteiger partial charge on any atom is -0.465 e. The fraction of sp³-hybridized carbons (Fsp3) is 0.250. The van der Waals surface area contributed by atoms with Crippen molar-refractivity contribution in [2.45, 2.75) is 34.3 Å². The molecule has 2 amide bonds. The van der Waals surface area contributed by atoms with Gasteiger partial charge in [-0.3, -0.25) is 4.79 Å². The number of aromatic nitrogens is 3. The Hall–Kier alpha value is -4.17. The van der Waals surface area contributed by atoms with Crippen LogP contribution in [-0.2, 0) is 5.41 Å². The average Bonchev–Trinajstić information content (AvgIpc) is 3.39. The third-order valence-corrected chi connectivity index (χ3v) is 9.04. The van der Waals surface area contributed by atoms with Gasteiger partial charge in [-0.15, -0.1) is 0 Å². The number of hydrogen-bond donors (Lipinski definition) is 3. The van der Waals surface area contributed by atoms with Gasteiger partial charge in [0.15, 0.2) is 16.6 Å². The second-order valence-corrected chi connectivity index (χ2v) is 12.1. The maximum atomic E-state index is 15.5. The number of carboxylic acid groups (broad SMARTS) is 1. The van der Waals surface area contributed by atoms with Crippen molar-refractivity contribution >= 4 is 46.0 Å². The second kappa shape index (κ2) is 12.4. The van der Waals surface area contributed by atoms with Crippen LogP contribution in [0.5, 0.6) is 0 Å². The van der Waals surface area contributed by atoms with Gasteiger partial charge in [-0.25, -0.2) is 32.9 Å². The summed E-state index contributed by atoms with van der Waals surface area (Å²) in [5.74, 6) is -2.57. The summed E-state index contributed by atoms with van der Waals surface area (Å²) >= 11 is 2.37. The third kappa shape index (κ3) is 6.49. The zero-order chi connectivity index (χ0) is 29.9. The Kier molecular flexibility index (Phi) is 8.64. The van der Waals surface area contributed by atoms with E-state index in [0.717, 1.165) is 29.5 Å². The molecule has 0 aliphatic carbocycles. The van der Waals surface area contributed by atoms with Crippen LogP contribution in [0.15, 0.2) is 64.1 Å². The molecule has 0 radical (unpaired) electrons. The predicted octanol–water partition coefficient (Wildman–Crippen LogP) is 6.00. The van der Waals surface area contributed by atoms with E-state index in [1.54, 1.807) is 12.4 Å². The summed E-state index contributed by atoms with van der Waals surface area (Å²) in [5, 5.41) is 15.7. The molecule has 5 rings (SSSR count). The number of aryl methyl sites for hydroxylation is 1. The van der Waals surface area contributed by atoms with Gasteiger partial charge in [0.1, 0.15) is 17.5 Å². The van der Waals surface area contributed by atoms with E-state index in [1.807, 2.05) is 19.1 Å². The van der Waals surface area contributed by atoms with Crippen molar-refractivity contribution in [3.8, 4) is 0 Å². The maximum Gasteiger partial charge on any atom is 0.407 e. The van der Waals surface area contributed by atoms with Gasteiger partial charge in [-0.1, -0.05) is 29.2 Å². The molecule has 0 bridgehead atoms. The van der Waals surface area contributed by atoms with E-state index in [9.17, 15) is 23.5 Å². The monoisotopic (exact) mass is 614 g/mol. The molecule has 42 heavy (non-hydrogen) atoms. The number of amides is 2. The first-order valence-electron chi connectivity index (χ1n) is 12.8. The minimum absolute atomic E-state index is 0.0897.